The second kappa shape index (κ2) is 4.19. The van der Waals surface area contributed by atoms with Crippen molar-refractivity contribution >= 4 is 30.0 Å². The van der Waals surface area contributed by atoms with Crippen LogP contribution in [0.1, 0.15) is 0 Å². The third-order valence-corrected chi connectivity index (χ3v) is 3.67. The highest BCUT2D eigenvalue weighted by Crippen LogP contribution is 1.77. The smallest absolute Gasteiger partial charge is 0.422 e. The monoisotopic (exact) mass is 115 g/mol. The zero-order valence-corrected chi connectivity index (χ0v) is 6.87. The predicted octanol–water partition coefficient (Wildman–Crippen LogP) is 0.921. The summed E-state index contributed by atoms with van der Waals surface area (Å²) in [7, 11) is 0. The van der Waals surface area contributed by atoms with Gasteiger partial charge in [0.2, 0.25) is 0 Å². The highest BCUT2D eigenvalue weighted by molar-refractivity contribution is 6.55. The molecular weight excluding hydrogens is 106 g/mol. The van der Waals surface area contributed by atoms with E-state index in [1.54, 1.807) is 0 Å². The molecule has 0 N–H and O–H groups in total. The number of rotatable bonds is 2. The third-order valence-electron chi connectivity index (χ3n) is 0.408. The Morgan fingerprint density at radius 3 is 2.00 bits per heavy atom. The molecule has 0 aromatic rings. The van der Waals surface area contributed by atoms with Crippen molar-refractivity contribution in [3.05, 3.63) is 0 Å². The minimum atomic E-state index is -0.633. The first-order valence-electron chi connectivity index (χ1n) is 2.20. The van der Waals surface area contributed by atoms with Gasteiger partial charge < -0.3 is 2.84 Å². The van der Waals surface area contributed by atoms with E-state index in [0.717, 1.165) is 0 Å². The summed E-state index contributed by atoms with van der Waals surface area (Å²) in [4.78, 5) is 0. The van der Waals surface area contributed by atoms with Crippen LogP contribution < -0.4 is 0 Å². The van der Waals surface area contributed by atoms with Crippen molar-refractivity contribution in [1.82, 2.24) is 0 Å². The molecule has 3 heteroatoms. The summed E-state index contributed by atoms with van der Waals surface area (Å²) in [6.45, 7) is 0. The molecule has 33 valence electrons. The van der Waals surface area contributed by atoms with Crippen molar-refractivity contribution in [2.24, 2.45) is 0 Å². The average Bonchev–Trinajstić information content (AvgIpc) is 1.35. The van der Waals surface area contributed by atoms with Gasteiger partial charge in [0.15, 0.2) is 0 Å². The van der Waals surface area contributed by atoms with E-state index in [9.17, 15) is 0 Å². The summed E-state index contributed by atoms with van der Waals surface area (Å²) >= 11 is -0.319. The highest BCUT2D eigenvalue weighted by Gasteiger charge is 1.98. The molecule has 0 rings (SSSR count). The van der Waals surface area contributed by atoms with Crippen LogP contribution in [0.4, 0.5) is 0 Å². The van der Waals surface area contributed by atoms with Gasteiger partial charge in [-0.1, -0.05) is 17.4 Å². The Kier molecular flexibility index (Phi) is 4.91. The SMILES string of the molecule is [CH3][Al][O][Al]([CH3])[CH3]. The Labute approximate surface area is 50.5 Å². The minimum absolute atomic E-state index is 0.314. The standard InChI is InChI=1S/3CH3.2Al.O/h3*1H3;;;. The maximum atomic E-state index is 5.26. The summed E-state index contributed by atoms with van der Waals surface area (Å²) in [6, 6.07) is 0. The van der Waals surface area contributed by atoms with Gasteiger partial charge in [0.05, 0.1) is 0 Å². The lowest BCUT2D eigenvalue weighted by atomic mass is 11.9. The van der Waals surface area contributed by atoms with Gasteiger partial charge >= 0.3 is 30.0 Å². The lowest BCUT2D eigenvalue weighted by Crippen LogP contribution is -2.08. The first-order chi connectivity index (χ1) is 2.77. The van der Waals surface area contributed by atoms with Gasteiger partial charge in [-0.2, -0.15) is 0 Å². The van der Waals surface area contributed by atoms with Crippen LogP contribution in [0.3, 0.4) is 0 Å². The predicted molar refractivity (Wildman–Crippen MR) is 30.2 cm³/mol. The van der Waals surface area contributed by atoms with Crippen LogP contribution in [-0.4, -0.2) is 30.0 Å². The zero-order valence-electron chi connectivity index (χ0n) is 4.56. The van der Waals surface area contributed by atoms with Gasteiger partial charge in [-0.25, -0.2) is 0 Å². The average molecular weight is 115 g/mol. The molecule has 1 nitrogen and oxygen atoms in total. The van der Waals surface area contributed by atoms with Crippen molar-refractivity contribution in [2.75, 3.05) is 0 Å². The molecule has 0 aromatic heterocycles. The summed E-state index contributed by atoms with van der Waals surface area (Å²) in [5.74, 6) is 6.50. The Balaban J connectivity index is 2.63. The van der Waals surface area contributed by atoms with E-state index in [2.05, 4.69) is 17.4 Å². The fourth-order valence-electron chi connectivity index (χ4n) is 0.272. The van der Waals surface area contributed by atoms with Crippen LogP contribution in [0.25, 0.3) is 0 Å². The maximum absolute atomic E-state index is 5.26. The number of hydrogen-bond acceptors (Lipinski definition) is 1. The largest absolute Gasteiger partial charge is 0.643 e. The molecule has 0 aromatic carbocycles. The van der Waals surface area contributed by atoms with Crippen molar-refractivity contribution in [3.8, 4) is 0 Å². The summed E-state index contributed by atoms with van der Waals surface area (Å²) in [6.07, 6.45) is 0. The molecule has 0 spiro atoms. The van der Waals surface area contributed by atoms with Crippen LogP contribution in [0.15, 0.2) is 0 Å². The molecule has 0 aliphatic rings. The minimum Gasteiger partial charge on any atom is -0.643 e. The van der Waals surface area contributed by atoms with Crippen molar-refractivity contribution in [2.45, 2.75) is 17.4 Å². The van der Waals surface area contributed by atoms with Gasteiger partial charge in [0, 0.05) is 0 Å². The molecule has 0 saturated heterocycles. The van der Waals surface area contributed by atoms with Gasteiger partial charge in [0.25, 0.3) is 0 Å². The molecular formula is C3H9Al2O. The zero-order chi connectivity index (χ0) is 4.99. The van der Waals surface area contributed by atoms with Crippen LogP contribution >= 0.6 is 0 Å². The van der Waals surface area contributed by atoms with Crippen molar-refractivity contribution in [1.29, 1.82) is 0 Å². The van der Waals surface area contributed by atoms with E-state index in [-0.39, 0.29) is 0 Å². The van der Waals surface area contributed by atoms with Crippen LogP contribution in [0.5, 0.6) is 0 Å². The second-order valence-corrected chi connectivity index (χ2v) is 5.08. The molecule has 0 aliphatic carbocycles. The molecule has 0 atom stereocenters. The molecule has 0 unspecified atom stereocenters. The first kappa shape index (κ1) is 7.02. The van der Waals surface area contributed by atoms with E-state index >= 15 is 0 Å². The quantitative estimate of drug-likeness (QED) is 0.486. The van der Waals surface area contributed by atoms with Crippen molar-refractivity contribution < 1.29 is 2.84 Å². The first-order valence-corrected chi connectivity index (χ1v) is 6.61. The number of hydrogen-bond donors (Lipinski definition) is 0. The fourth-order valence-corrected chi connectivity index (χ4v) is 2.45. The summed E-state index contributed by atoms with van der Waals surface area (Å²) in [5, 5.41) is 0. The Bertz CT molecular complexity index is 30.0. The van der Waals surface area contributed by atoms with E-state index in [4.69, 9.17) is 2.84 Å². The third kappa shape index (κ3) is 5.02. The summed E-state index contributed by atoms with van der Waals surface area (Å²) in [5.41, 5.74) is 0. The molecule has 0 saturated carbocycles. The van der Waals surface area contributed by atoms with Gasteiger partial charge in [-0.15, -0.1) is 0 Å². The lowest BCUT2D eigenvalue weighted by molar-refractivity contribution is 0.630. The summed E-state index contributed by atoms with van der Waals surface area (Å²) < 4.78 is 5.26. The molecule has 1 radical (unpaired) electrons. The van der Waals surface area contributed by atoms with Crippen LogP contribution in [-0.2, 0) is 2.84 Å². The van der Waals surface area contributed by atoms with Crippen LogP contribution in [0, 0.1) is 0 Å². The topological polar surface area (TPSA) is 9.23 Å². The van der Waals surface area contributed by atoms with E-state index in [0.29, 0.717) is 15.6 Å². The molecule has 0 aliphatic heterocycles. The van der Waals surface area contributed by atoms with E-state index < -0.39 is 14.5 Å². The second-order valence-electron chi connectivity index (χ2n) is 1.42. The van der Waals surface area contributed by atoms with Crippen molar-refractivity contribution in [3.63, 3.8) is 0 Å². The Morgan fingerprint density at radius 1 is 1.50 bits per heavy atom. The molecule has 0 amide bonds. The van der Waals surface area contributed by atoms with Crippen LogP contribution in [0.2, 0.25) is 17.4 Å². The molecule has 0 heterocycles. The molecule has 6 heavy (non-hydrogen) atoms. The molecule has 0 fully saturated rings. The fraction of sp³-hybridized carbons (Fsp3) is 1.00. The molecule has 0 bridgehead atoms. The van der Waals surface area contributed by atoms with E-state index in [1.165, 1.54) is 0 Å². The van der Waals surface area contributed by atoms with Gasteiger partial charge in [0.1, 0.15) is 0 Å². The lowest BCUT2D eigenvalue weighted by Gasteiger charge is -1.96. The maximum Gasteiger partial charge on any atom is 0.422 e. The Morgan fingerprint density at radius 2 is 2.00 bits per heavy atom. The highest BCUT2D eigenvalue weighted by atomic mass is 27.3. The van der Waals surface area contributed by atoms with Gasteiger partial charge in [-0.3, -0.25) is 0 Å². The normalized spacial score (nSPS) is 7.83. The van der Waals surface area contributed by atoms with Gasteiger partial charge in [-0.05, 0) is 0 Å². The van der Waals surface area contributed by atoms with E-state index in [1.807, 2.05) is 0 Å². The Hall–Kier alpha value is 1.02.